The largest absolute Gasteiger partial charge is 0.355 e. The highest BCUT2D eigenvalue weighted by Gasteiger charge is 2.21. The maximum absolute atomic E-state index is 4.34. The Bertz CT molecular complexity index is 711. The second-order valence-corrected chi connectivity index (χ2v) is 7.73. The van der Waals surface area contributed by atoms with Crippen LogP contribution in [0.2, 0.25) is 0 Å². The van der Waals surface area contributed by atoms with Crippen molar-refractivity contribution in [2.75, 3.05) is 20.1 Å². The van der Waals surface area contributed by atoms with E-state index in [0.717, 1.165) is 32.1 Å². The molecule has 1 aromatic heterocycles. The molecule has 3 rings (SSSR count). The Morgan fingerprint density at radius 1 is 1.23 bits per heavy atom. The van der Waals surface area contributed by atoms with Crippen molar-refractivity contribution in [3.05, 3.63) is 57.3 Å². The molecule has 1 unspecified atom stereocenters. The van der Waals surface area contributed by atoms with Crippen LogP contribution in [0.3, 0.4) is 0 Å². The topological polar surface area (TPSA) is 39.7 Å². The van der Waals surface area contributed by atoms with Crippen molar-refractivity contribution in [2.24, 2.45) is 4.99 Å². The minimum Gasteiger partial charge on any atom is -0.355 e. The van der Waals surface area contributed by atoms with Crippen LogP contribution in [0, 0.1) is 6.92 Å². The van der Waals surface area contributed by atoms with Crippen molar-refractivity contribution < 1.29 is 0 Å². The number of nitrogens with one attached hydrogen (secondary N) is 2. The number of hydrogen-bond acceptors (Lipinski definition) is 3. The molecule has 0 amide bonds. The predicted molar refractivity (Wildman–Crippen MR) is 123 cm³/mol. The molecule has 26 heavy (non-hydrogen) atoms. The Morgan fingerprint density at radius 2 is 2.00 bits per heavy atom. The number of aryl methyl sites for hydroxylation is 1. The zero-order valence-electron chi connectivity index (χ0n) is 15.8. The van der Waals surface area contributed by atoms with Gasteiger partial charge in [-0.05, 0) is 42.8 Å². The summed E-state index contributed by atoms with van der Waals surface area (Å²) in [5.41, 5.74) is 4.06. The number of thiophene rings is 1. The quantitative estimate of drug-likeness (QED) is 0.386. The molecule has 2 heterocycles. The van der Waals surface area contributed by atoms with Crippen molar-refractivity contribution in [3.8, 4) is 0 Å². The van der Waals surface area contributed by atoms with Crippen molar-refractivity contribution in [2.45, 2.75) is 39.4 Å². The number of benzene rings is 1. The summed E-state index contributed by atoms with van der Waals surface area (Å²) >= 11 is 1.89. The van der Waals surface area contributed by atoms with E-state index in [2.05, 4.69) is 70.1 Å². The molecule has 0 fully saturated rings. The van der Waals surface area contributed by atoms with Gasteiger partial charge in [-0.2, -0.15) is 0 Å². The first-order chi connectivity index (χ1) is 12.2. The van der Waals surface area contributed by atoms with Gasteiger partial charge in [0.1, 0.15) is 0 Å². The highest BCUT2D eigenvalue weighted by molar-refractivity contribution is 14.0. The number of fused-ring (bicyclic) bond motifs is 1. The van der Waals surface area contributed by atoms with Gasteiger partial charge in [0.05, 0.1) is 0 Å². The molecular formula is C20H29IN4S. The summed E-state index contributed by atoms with van der Waals surface area (Å²) in [5, 5.41) is 9.08. The molecule has 0 saturated heterocycles. The van der Waals surface area contributed by atoms with Gasteiger partial charge in [0, 0.05) is 44.1 Å². The zero-order chi connectivity index (χ0) is 17.6. The Labute approximate surface area is 178 Å². The lowest BCUT2D eigenvalue weighted by molar-refractivity contribution is 0.192. The summed E-state index contributed by atoms with van der Waals surface area (Å²) in [4.78, 5) is 8.46. The first-order valence-corrected chi connectivity index (χ1v) is 9.83. The lowest BCUT2D eigenvalue weighted by atomic mass is 10.1. The predicted octanol–water partition coefficient (Wildman–Crippen LogP) is 3.79. The van der Waals surface area contributed by atoms with Gasteiger partial charge >= 0.3 is 0 Å². The first kappa shape index (κ1) is 21.2. The lowest BCUT2D eigenvalue weighted by Crippen LogP contribution is -2.47. The third kappa shape index (κ3) is 5.69. The molecule has 142 valence electrons. The first-order valence-electron chi connectivity index (χ1n) is 8.95. The van der Waals surface area contributed by atoms with Crippen molar-refractivity contribution in [1.29, 1.82) is 0 Å². The third-order valence-electron chi connectivity index (χ3n) is 4.83. The molecule has 0 radical (unpaired) electrons. The Kier molecular flexibility index (Phi) is 8.37. The molecule has 0 saturated carbocycles. The summed E-state index contributed by atoms with van der Waals surface area (Å²) in [6.07, 6.45) is 1.18. The van der Waals surface area contributed by atoms with E-state index in [1.165, 1.54) is 23.1 Å². The normalized spacial score (nSPS) is 15.7. The fourth-order valence-electron chi connectivity index (χ4n) is 3.13. The van der Waals surface area contributed by atoms with Gasteiger partial charge in [-0.1, -0.05) is 29.8 Å². The summed E-state index contributed by atoms with van der Waals surface area (Å²) < 4.78 is 0. The van der Waals surface area contributed by atoms with E-state index in [0.29, 0.717) is 6.04 Å². The summed E-state index contributed by atoms with van der Waals surface area (Å²) in [6.45, 7) is 8.29. The molecule has 0 aliphatic carbocycles. The summed E-state index contributed by atoms with van der Waals surface area (Å²) in [5.74, 6) is 0.862. The number of hydrogen-bond donors (Lipinski definition) is 2. The minimum absolute atomic E-state index is 0. The van der Waals surface area contributed by atoms with Gasteiger partial charge in [0.15, 0.2) is 5.96 Å². The molecular weight excluding hydrogens is 455 g/mol. The molecule has 4 nitrogen and oxygen atoms in total. The van der Waals surface area contributed by atoms with E-state index in [9.17, 15) is 0 Å². The molecule has 1 aliphatic rings. The lowest BCUT2D eigenvalue weighted by Gasteiger charge is -2.32. The number of aliphatic imine (C=N–C) groups is 1. The van der Waals surface area contributed by atoms with Crippen LogP contribution < -0.4 is 10.6 Å². The van der Waals surface area contributed by atoms with Gasteiger partial charge in [0.2, 0.25) is 0 Å². The van der Waals surface area contributed by atoms with E-state index >= 15 is 0 Å². The van der Waals surface area contributed by atoms with E-state index < -0.39 is 0 Å². The van der Waals surface area contributed by atoms with E-state index in [1.54, 1.807) is 4.88 Å². The maximum atomic E-state index is 4.34. The fraction of sp³-hybridized carbons (Fsp3) is 0.450. The van der Waals surface area contributed by atoms with Crippen LogP contribution in [0.25, 0.3) is 0 Å². The van der Waals surface area contributed by atoms with Crippen LogP contribution >= 0.6 is 35.3 Å². The minimum atomic E-state index is 0. The Hall–Kier alpha value is -1.12. The SMILES string of the molecule is CN=C(NCc1ccc(C)cc1)NCC(C)N1CCc2sccc2C1.I. The molecule has 0 spiro atoms. The maximum Gasteiger partial charge on any atom is 0.191 e. The Morgan fingerprint density at radius 3 is 2.73 bits per heavy atom. The van der Waals surface area contributed by atoms with Crippen LogP contribution in [0.15, 0.2) is 40.7 Å². The summed E-state index contributed by atoms with van der Waals surface area (Å²) in [7, 11) is 1.83. The van der Waals surface area contributed by atoms with Crippen LogP contribution in [0.1, 0.15) is 28.5 Å². The average Bonchev–Trinajstić information content (AvgIpc) is 3.10. The molecule has 6 heteroatoms. The molecule has 1 aliphatic heterocycles. The van der Waals surface area contributed by atoms with Gasteiger partial charge in [-0.3, -0.25) is 9.89 Å². The molecule has 0 bridgehead atoms. The Balaban J connectivity index is 0.00000243. The molecule has 1 atom stereocenters. The van der Waals surface area contributed by atoms with Crippen LogP contribution in [0.4, 0.5) is 0 Å². The number of guanidine groups is 1. The van der Waals surface area contributed by atoms with Crippen molar-refractivity contribution in [1.82, 2.24) is 15.5 Å². The third-order valence-corrected chi connectivity index (χ3v) is 5.85. The summed E-state index contributed by atoms with van der Waals surface area (Å²) in [6, 6.07) is 11.4. The molecule has 2 aromatic rings. The fourth-order valence-corrected chi connectivity index (χ4v) is 4.02. The van der Waals surface area contributed by atoms with Crippen molar-refractivity contribution >= 4 is 41.3 Å². The van der Waals surface area contributed by atoms with Crippen LogP contribution in [-0.2, 0) is 19.5 Å². The standard InChI is InChI=1S/C20H28N4S.HI/c1-15-4-6-17(7-5-15)13-23-20(21-3)22-12-16(2)24-10-8-19-18(14-24)9-11-25-19;/h4-7,9,11,16H,8,10,12-14H2,1-3H3,(H2,21,22,23);1H. The second-order valence-electron chi connectivity index (χ2n) is 6.73. The van der Waals surface area contributed by atoms with Gasteiger partial charge in [0.25, 0.3) is 0 Å². The molecule has 2 N–H and O–H groups in total. The van der Waals surface area contributed by atoms with E-state index in [4.69, 9.17) is 0 Å². The number of rotatable bonds is 5. The van der Waals surface area contributed by atoms with Gasteiger partial charge in [-0.25, -0.2) is 0 Å². The second kappa shape index (κ2) is 10.3. The number of halogens is 1. The van der Waals surface area contributed by atoms with Crippen molar-refractivity contribution in [3.63, 3.8) is 0 Å². The average molecular weight is 484 g/mol. The highest BCUT2D eigenvalue weighted by atomic mass is 127. The van der Waals surface area contributed by atoms with Gasteiger partial charge in [-0.15, -0.1) is 35.3 Å². The smallest absolute Gasteiger partial charge is 0.191 e. The van der Waals surface area contributed by atoms with Crippen LogP contribution in [0.5, 0.6) is 0 Å². The zero-order valence-corrected chi connectivity index (χ0v) is 18.9. The highest BCUT2D eigenvalue weighted by Crippen LogP contribution is 2.24. The monoisotopic (exact) mass is 484 g/mol. The van der Waals surface area contributed by atoms with Gasteiger partial charge < -0.3 is 10.6 Å². The number of nitrogens with zero attached hydrogens (tertiary/aromatic N) is 2. The van der Waals surface area contributed by atoms with Crippen LogP contribution in [-0.4, -0.2) is 37.0 Å². The van der Waals surface area contributed by atoms with E-state index in [1.807, 2.05) is 18.4 Å². The molecule has 1 aromatic carbocycles. The van der Waals surface area contributed by atoms with E-state index in [-0.39, 0.29) is 24.0 Å².